The second-order valence-corrected chi connectivity index (χ2v) is 6.29. The molecular formula is C13H22N2S. The fraction of sp³-hybridized carbons (Fsp3) is 0.692. The molecule has 1 atom stereocenters. The van der Waals surface area contributed by atoms with E-state index in [4.69, 9.17) is 0 Å². The molecule has 2 nitrogen and oxygen atoms in total. The third-order valence-corrected chi connectivity index (χ3v) is 4.40. The van der Waals surface area contributed by atoms with E-state index in [0.717, 1.165) is 13.1 Å². The molecule has 1 unspecified atom stereocenters. The van der Waals surface area contributed by atoms with Crippen molar-refractivity contribution in [2.75, 3.05) is 13.1 Å². The van der Waals surface area contributed by atoms with Crippen LogP contribution in [0.5, 0.6) is 0 Å². The Kier molecular flexibility index (Phi) is 3.67. The zero-order valence-corrected chi connectivity index (χ0v) is 11.3. The van der Waals surface area contributed by atoms with Crippen molar-refractivity contribution >= 4 is 11.3 Å². The van der Waals surface area contributed by atoms with Crippen molar-refractivity contribution in [2.45, 2.75) is 45.3 Å². The molecule has 1 saturated heterocycles. The number of rotatable bonds is 3. The topological polar surface area (TPSA) is 15.3 Å². The van der Waals surface area contributed by atoms with Crippen LogP contribution in [0, 0.1) is 0 Å². The zero-order valence-electron chi connectivity index (χ0n) is 10.5. The van der Waals surface area contributed by atoms with Gasteiger partial charge in [-0.3, -0.25) is 4.90 Å². The van der Waals surface area contributed by atoms with Gasteiger partial charge in [0.2, 0.25) is 0 Å². The van der Waals surface area contributed by atoms with E-state index in [2.05, 4.69) is 48.5 Å². The molecule has 0 aliphatic carbocycles. The summed E-state index contributed by atoms with van der Waals surface area (Å²) in [5.41, 5.74) is 0.273. The van der Waals surface area contributed by atoms with Crippen LogP contribution >= 0.6 is 11.3 Å². The maximum absolute atomic E-state index is 3.63. The van der Waals surface area contributed by atoms with E-state index in [-0.39, 0.29) is 5.54 Å². The van der Waals surface area contributed by atoms with Crippen LogP contribution in [0.25, 0.3) is 0 Å². The number of nitrogens with one attached hydrogen (secondary N) is 1. The molecule has 0 radical (unpaired) electrons. The number of nitrogens with zero attached hydrogens (tertiary/aromatic N) is 1. The van der Waals surface area contributed by atoms with Crippen LogP contribution in [0.1, 0.15) is 32.1 Å². The van der Waals surface area contributed by atoms with Crippen LogP contribution in [0.4, 0.5) is 0 Å². The highest BCUT2D eigenvalue weighted by atomic mass is 32.1. The van der Waals surface area contributed by atoms with Gasteiger partial charge in [-0.05, 0) is 31.7 Å². The van der Waals surface area contributed by atoms with E-state index in [1.807, 2.05) is 11.3 Å². The second kappa shape index (κ2) is 4.86. The fourth-order valence-corrected chi connectivity index (χ4v) is 2.95. The molecule has 16 heavy (non-hydrogen) atoms. The summed E-state index contributed by atoms with van der Waals surface area (Å²) >= 11 is 1.86. The monoisotopic (exact) mass is 238 g/mol. The highest BCUT2D eigenvalue weighted by Gasteiger charge is 2.33. The van der Waals surface area contributed by atoms with E-state index in [9.17, 15) is 0 Å². The van der Waals surface area contributed by atoms with Crippen LogP contribution in [0.15, 0.2) is 17.5 Å². The van der Waals surface area contributed by atoms with E-state index in [0.29, 0.717) is 6.04 Å². The minimum atomic E-state index is 0.273. The maximum atomic E-state index is 3.63. The molecule has 0 bridgehead atoms. The first-order chi connectivity index (χ1) is 7.62. The average molecular weight is 238 g/mol. The molecule has 1 aliphatic rings. The first-order valence-electron chi connectivity index (χ1n) is 6.12. The molecule has 2 heterocycles. The van der Waals surface area contributed by atoms with Gasteiger partial charge in [0.05, 0.1) is 0 Å². The molecule has 1 fully saturated rings. The summed E-state index contributed by atoms with van der Waals surface area (Å²) in [4.78, 5) is 4.09. The summed E-state index contributed by atoms with van der Waals surface area (Å²) in [5, 5.41) is 5.80. The molecule has 90 valence electrons. The van der Waals surface area contributed by atoms with Gasteiger partial charge in [-0.1, -0.05) is 13.0 Å². The van der Waals surface area contributed by atoms with Crippen LogP contribution < -0.4 is 5.32 Å². The Bertz CT molecular complexity index is 319. The lowest BCUT2D eigenvalue weighted by molar-refractivity contribution is 0.0586. The second-order valence-electron chi connectivity index (χ2n) is 5.26. The lowest BCUT2D eigenvalue weighted by Crippen LogP contribution is -2.61. The Balaban J connectivity index is 2.04. The summed E-state index contributed by atoms with van der Waals surface area (Å²) in [6, 6.07) is 5.05. The minimum Gasteiger partial charge on any atom is -0.311 e. The zero-order chi connectivity index (χ0) is 11.6. The summed E-state index contributed by atoms with van der Waals surface area (Å²) in [7, 11) is 0. The minimum absolute atomic E-state index is 0.273. The lowest BCUT2D eigenvalue weighted by atomic mass is 9.96. The highest BCUT2D eigenvalue weighted by Crippen LogP contribution is 2.23. The molecule has 0 aromatic carbocycles. The third-order valence-electron chi connectivity index (χ3n) is 3.54. The van der Waals surface area contributed by atoms with Crippen molar-refractivity contribution in [2.24, 2.45) is 0 Å². The normalized spacial score (nSPS) is 25.8. The van der Waals surface area contributed by atoms with Gasteiger partial charge in [0.15, 0.2) is 0 Å². The van der Waals surface area contributed by atoms with Gasteiger partial charge in [-0.2, -0.15) is 0 Å². The number of thiophene rings is 1. The van der Waals surface area contributed by atoms with Gasteiger partial charge < -0.3 is 5.32 Å². The molecule has 0 spiro atoms. The Morgan fingerprint density at radius 1 is 1.56 bits per heavy atom. The van der Waals surface area contributed by atoms with Gasteiger partial charge in [-0.25, -0.2) is 0 Å². The van der Waals surface area contributed by atoms with Crippen LogP contribution in [-0.2, 0) is 6.54 Å². The van der Waals surface area contributed by atoms with Gasteiger partial charge in [0.1, 0.15) is 0 Å². The average Bonchev–Trinajstić information content (AvgIpc) is 2.74. The Hall–Kier alpha value is -0.380. The first kappa shape index (κ1) is 12.1. The fourth-order valence-electron chi connectivity index (χ4n) is 2.23. The summed E-state index contributed by atoms with van der Waals surface area (Å²) < 4.78 is 0. The molecule has 3 heteroatoms. The van der Waals surface area contributed by atoms with Crippen molar-refractivity contribution in [3.8, 4) is 0 Å². The summed E-state index contributed by atoms with van der Waals surface area (Å²) in [6.45, 7) is 10.3. The number of hydrogen-bond donors (Lipinski definition) is 1. The molecular weight excluding hydrogens is 216 g/mol. The smallest absolute Gasteiger partial charge is 0.0334 e. The van der Waals surface area contributed by atoms with E-state index < -0.39 is 0 Å². The number of piperazine rings is 1. The summed E-state index contributed by atoms with van der Waals surface area (Å²) in [5.74, 6) is 0. The first-order valence-corrected chi connectivity index (χ1v) is 7.00. The predicted molar refractivity (Wildman–Crippen MR) is 70.9 cm³/mol. The quantitative estimate of drug-likeness (QED) is 0.871. The SMILES string of the molecule is CCC1CN(Cc2cccs2)C(C)(C)CN1. The lowest BCUT2D eigenvalue weighted by Gasteiger charge is -2.46. The number of hydrogen-bond acceptors (Lipinski definition) is 3. The molecule has 1 aromatic rings. The van der Waals surface area contributed by atoms with Crippen LogP contribution in [-0.4, -0.2) is 29.6 Å². The van der Waals surface area contributed by atoms with Gasteiger partial charge in [-0.15, -0.1) is 11.3 Å². The van der Waals surface area contributed by atoms with E-state index in [1.54, 1.807) is 0 Å². The van der Waals surface area contributed by atoms with Gasteiger partial charge in [0, 0.05) is 36.1 Å². The Morgan fingerprint density at radius 3 is 3.00 bits per heavy atom. The predicted octanol–water partition coefficient (Wildman–Crippen LogP) is 2.71. The van der Waals surface area contributed by atoms with Crippen molar-refractivity contribution < 1.29 is 0 Å². The molecule has 2 rings (SSSR count). The maximum Gasteiger partial charge on any atom is 0.0334 e. The van der Waals surface area contributed by atoms with Crippen LogP contribution in [0.3, 0.4) is 0 Å². The molecule has 0 amide bonds. The molecule has 1 aliphatic heterocycles. The molecule has 1 N–H and O–H groups in total. The molecule has 1 aromatic heterocycles. The third kappa shape index (κ3) is 2.65. The highest BCUT2D eigenvalue weighted by molar-refractivity contribution is 7.09. The van der Waals surface area contributed by atoms with Gasteiger partial charge in [0.25, 0.3) is 0 Å². The summed E-state index contributed by atoms with van der Waals surface area (Å²) in [6.07, 6.45) is 1.22. The Morgan fingerprint density at radius 2 is 2.38 bits per heavy atom. The van der Waals surface area contributed by atoms with Crippen molar-refractivity contribution in [1.82, 2.24) is 10.2 Å². The van der Waals surface area contributed by atoms with Crippen molar-refractivity contribution in [3.63, 3.8) is 0 Å². The van der Waals surface area contributed by atoms with Crippen molar-refractivity contribution in [1.29, 1.82) is 0 Å². The van der Waals surface area contributed by atoms with Gasteiger partial charge >= 0.3 is 0 Å². The Labute approximate surface area is 103 Å². The largest absolute Gasteiger partial charge is 0.311 e. The van der Waals surface area contributed by atoms with Crippen molar-refractivity contribution in [3.05, 3.63) is 22.4 Å². The van der Waals surface area contributed by atoms with Crippen LogP contribution in [0.2, 0.25) is 0 Å². The van der Waals surface area contributed by atoms with E-state index >= 15 is 0 Å². The standard InChI is InChI=1S/C13H22N2S/c1-4-11-8-15(13(2,3)10-14-11)9-12-6-5-7-16-12/h5-7,11,14H,4,8-10H2,1-3H3. The molecule has 0 saturated carbocycles. The van der Waals surface area contributed by atoms with E-state index in [1.165, 1.54) is 17.8 Å².